The molecule has 192 valence electrons. The third-order valence-corrected chi connectivity index (χ3v) is 7.09. The van der Waals surface area contributed by atoms with Crippen LogP contribution in [0.15, 0.2) is 53.7 Å². The van der Waals surface area contributed by atoms with Gasteiger partial charge in [0.05, 0.1) is 11.3 Å². The van der Waals surface area contributed by atoms with Crippen molar-refractivity contribution in [2.75, 3.05) is 16.8 Å². The summed E-state index contributed by atoms with van der Waals surface area (Å²) in [6.45, 7) is 6.81. The molecule has 36 heavy (non-hydrogen) atoms. The van der Waals surface area contributed by atoms with E-state index in [0.717, 1.165) is 12.5 Å². The summed E-state index contributed by atoms with van der Waals surface area (Å²) in [6, 6.07) is 7.71. The van der Waals surface area contributed by atoms with E-state index in [1.54, 1.807) is 0 Å². The van der Waals surface area contributed by atoms with E-state index in [2.05, 4.69) is 22.2 Å². The van der Waals surface area contributed by atoms with E-state index in [0.29, 0.717) is 30.4 Å². The van der Waals surface area contributed by atoms with Gasteiger partial charge in [0.25, 0.3) is 15.9 Å². The maximum Gasteiger partial charge on any atom is 0.281 e. The Kier molecular flexibility index (Phi) is 6.65. The number of sulfonamides is 1. The normalized spacial score (nSPS) is 17.2. The number of amides is 1. The molecule has 0 spiro atoms. The fourth-order valence-electron chi connectivity index (χ4n) is 4.37. The minimum Gasteiger partial charge on any atom is -0.351 e. The van der Waals surface area contributed by atoms with Crippen molar-refractivity contribution in [3.63, 3.8) is 0 Å². The first-order valence-electron chi connectivity index (χ1n) is 11.1. The van der Waals surface area contributed by atoms with Crippen molar-refractivity contribution in [3.8, 4) is 0 Å². The Morgan fingerprint density at radius 3 is 2.53 bits per heavy atom. The van der Waals surface area contributed by atoms with Gasteiger partial charge in [0.2, 0.25) is 0 Å². The zero-order valence-corrected chi connectivity index (χ0v) is 20.5. The molecule has 2 aromatic heterocycles. The van der Waals surface area contributed by atoms with Crippen LogP contribution in [0.5, 0.6) is 0 Å². The van der Waals surface area contributed by atoms with Crippen molar-refractivity contribution >= 4 is 33.3 Å². The maximum atomic E-state index is 14.0. The van der Waals surface area contributed by atoms with Crippen molar-refractivity contribution in [1.82, 2.24) is 14.7 Å². The molecule has 1 atom stereocenters. The van der Waals surface area contributed by atoms with Gasteiger partial charge in [-0.3, -0.25) is 4.79 Å². The molecule has 1 aliphatic heterocycles. The number of hydrogen-bond donors (Lipinski definition) is 2. The average Bonchev–Trinajstić information content (AvgIpc) is 3.09. The molecule has 1 fully saturated rings. The molecule has 1 aliphatic rings. The van der Waals surface area contributed by atoms with Crippen LogP contribution in [0.3, 0.4) is 0 Å². The number of rotatable bonds is 6. The van der Waals surface area contributed by atoms with Crippen molar-refractivity contribution in [2.24, 2.45) is 5.92 Å². The molecule has 3 aromatic rings. The summed E-state index contributed by atoms with van der Waals surface area (Å²) >= 11 is 0. The molecule has 1 aromatic carbocycles. The summed E-state index contributed by atoms with van der Waals surface area (Å²) in [7, 11) is -4.45. The monoisotopic (exact) mass is 521 g/mol. The van der Waals surface area contributed by atoms with Gasteiger partial charge >= 0.3 is 0 Å². The minimum atomic E-state index is -4.45. The summed E-state index contributed by atoms with van der Waals surface area (Å²) in [5.41, 5.74) is -0.637. The second kappa shape index (κ2) is 9.41. The lowest BCUT2D eigenvalue weighted by Crippen LogP contribution is -2.41. The second-order valence-electron chi connectivity index (χ2n) is 9.27. The predicted molar refractivity (Wildman–Crippen MR) is 130 cm³/mol. The molecule has 4 rings (SSSR count). The van der Waals surface area contributed by atoms with Gasteiger partial charge in [0, 0.05) is 31.8 Å². The van der Waals surface area contributed by atoms with Crippen molar-refractivity contribution < 1.29 is 27.8 Å². The molecular formula is C24H26F3N5O3S. The fraction of sp³-hybridized carbons (Fsp3) is 0.292. The molecule has 8 nitrogen and oxygen atoms in total. The van der Waals surface area contributed by atoms with Crippen molar-refractivity contribution in [2.45, 2.75) is 37.8 Å². The molecule has 0 aliphatic carbocycles. The Labute approximate surface area is 208 Å². The number of carbonyl (C=O) groups is 1. The lowest BCUT2D eigenvalue weighted by molar-refractivity contribution is 0.0981. The molecule has 12 heteroatoms. The number of anilines is 3. The number of nitrogens with one attached hydrogen (secondary N) is 2. The van der Waals surface area contributed by atoms with Crippen LogP contribution >= 0.6 is 0 Å². The van der Waals surface area contributed by atoms with E-state index >= 15 is 0 Å². The van der Waals surface area contributed by atoms with Crippen LogP contribution in [0, 0.1) is 23.4 Å². The number of hydrogen-bond acceptors (Lipinski definition) is 7. The fourth-order valence-corrected chi connectivity index (χ4v) is 5.30. The number of nitrogens with zero attached hydrogens (tertiary/aromatic N) is 3. The first-order chi connectivity index (χ1) is 16.9. The SMILES string of the molecule is CC1CN(c2ncccc2C(=O)NS(=O)(=O)c2cccc(Nc3cc(F)c(F)cc3F)n2)C(C)(C)C1.[HH]. The van der Waals surface area contributed by atoms with Crippen LogP contribution in [-0.4, -0.2) is 36.4 Å². The van der Waals surface area contributed by atoms with Gasteiger partial charge in [-0.15, -0.1) is 0 Å². The Bertz CT molecular complexity index is 1440. The molecule has 3 heterocycles. The Morgan fingerprint density at radius 2 is 1.83 bits per heavy atom. The van der Waals surface area contributed by atoms with Crippen LogP contribution < -0.4 is 14.9 Å². The summed E-state index contributed by atoms with van der Waals surface area (Å²) in [5.74, 6) is -4.08. The average molecular weight is 522 g/mol. The third-order valence-electron chi connectivity index (χ3n) is 5.86. The lowest BCUT2D eigenvalue weighted by atomic mass is 9.97. The van der Waals surface area contributed by atoms with E-state index in [1.807, 2.05) is 23.5 Å². The standard InChI is InChI=1S/C24H24F3N5O3S.H2/c1-14-12-24(2,3)32(13-14)22-15(6-5-9-28-22)23(33)31-36(34,35)21-8-4-7-20(30-21)29-19-11-17(26)16(25)10-18(19)27;/h4-11,14H,12-13H2,1-3H3,(H,29,30)(H,31,33);1H. The van der Waals surface area contributed by atoms with E-state index in [4.69, 9.17) is 0 Å². The number of benzene rings is 1. The van der Waals surface area contributed by atoms with Gasteiger partial charge in [-0.25, -0.2) is 27.9 Å². The van der Waals surface area contributed by atoms with E-state index < -0.39 is 44.1 Å². The first kappa shape index (κ1) is 25.4. The highest BCUT2D eigenvalue weighted by Crippen LogP contribution is 2.37. The van der Waals surface area contributed by atoms with Crippen LogP contribution in [0.2, 0.25) is 0 Å². The van der Waals surface area contributed by atoms with Gasteiger partial charge in [0.1, 0.15) is 17.5 Å². The largest absolute Gasteiger partial charge is 0.351 e. The Hall–Kier alpha value is -3.67. The smallest absolute Gasteiger partial charge is 0.281 e. The number of halogens is 3. The second-order valence-corrected chi connectivity index (χ2v) is 10.9. The number of carbonyl (C=O) groups excluding carboxylic acids is 1. The maximum absolute atomic E-state index is 14.0. The van der Waals surface area contributed by atoms with E-state index in [-0.39, 0.29) is 18.3 Å². The van der Waals surface area contributed by atoms with Gasteiger partial charge in [-0.05, 0) is 50.5 Å². The number of pyridine rings is 2. The zero-order chi connectivity index (χ0) is 26.3. The molecular weight excluding hydrogens is 495 g/mol. The molecule has 0 bridgehead atoms. The van der Waals surface area contributed by atoms with Crippen LogP contribution in [0.25, 0.3) is 0 Å². The molecule has 1 saturated heterocycles. The van der Waals surface area contributed by atoms with Crippen LogP contribution in [-0.2, 0) is 10.0 Å². The van der Waals surface area contributed by atoms with Crippen LogP contribution in [0.4, 0.5) is 30.5 Å². The quantitative estimate of drug-likeness (QED) is 0.456. The first-order valence-corrected chi connectivity index (χ1v) is 12.5. The summed E-state index contributed by atoms with van der Waals surface area (Å²) < 4.78 is 68.6. The van der Waals surface area contributed by atoms with Crippen molar-refractivity contribution in [1.29, 1.82) is 0 Å². The number of aromatic nitrogens is 2. The molecule has 2 N–H and O–H groups in total. The van der Waals surface area contributed by atoms with E-state index in [9.17, 15) is 26.4 Å². The van der Waals surface area contributed by atoms with Gasteiger partial charge < -0.3 is 10.2 Å². The molecule has 1 unspecified atom stereocenters. The van der Waals surface area contributed by atoms with Gasteiger partial charge in [-0.2, -0.15) is 8.42 Å². The highest BCUT2D eigenvalue weighted by molar-refractivity contribution is 7.90. The molecule has 0 radical (unpaired) electrons. The van der Waals surface area contributed by atoms with Gasteiger partial charge in [0.15, 0.2) is 16.7 Å². The Morgan fingerprint density at radius 1 is 1.11 bits per heavy atom. The molecule has 0 saturated carbocycles. The van der Waals surface area contributed by atoms with Crippen molar-refractivity contribution in [3.05, 3.63) is 71.7 Å². The summed E-state index contributed by atoms with van der Waals surface area (Å²) in [5, 5.41) is 1.87. The molecule has 1 amide bonds. The highest BCUT2D eigenvalue weighted by Gasteiger charge is 2.39. The highest BCUT2D eigenvalue weighted by atomic mass is 32.2. The third kappa shape index (κ3) is 5.13. The minimum absolute atomic E-state index is 0. The van der Waals surface area contributed by atoms with Gasteiger partial charge in [-0.1, -0.05) is 13.0 Å². The van der Waals surface area contributed by atoms with Crippen LogP contribution in [0.1, 0.15) is 39.0 Å². The predicted octanol–water partition coefficient (Wildman–Crippen LogP) is 4.63. The zero-order valence-electron chi connectivity index (χ0n) is 19.7. The summed E-state index contributed by atoms with van der Waals surface area (Å²) in [4.78, 5) is 23.3. The van der Waals surface area contributed by atoms with E-state index in [1.165, 1.54) is 30.5 Å². The Balaban J connectivity index is 0.00000380. The topological polar surface area (TPSA) is 104 Å². The lowest BCUT2D eigenvalue weighted by Gasteiger charge is -2.33. The summed E-state index contributed by atoms with van der Waals surface area (Å²) in [6.07, 6.45) is 2.42.